The van der Waals surface area contributed by atoms with Gasteiger partial charge in [0.25, 0.3) is 0 Å². The lowest BCUT2D eigenvalue weighted by molar-refractivity contribution is -0.0307. The predicted octanol–water partition coefficient (Wildman–Crippen LogP) is 3.89. The Balaban J connectivity index is 2.05. The molecule has 2 fully saturated rings. The van der Waals surface area contributed by atoms with Gasteiger partial charge in [0, 0.05) is 0 Å². The predicted molar refractivity (Wildman–Crippen MR) is 72.8 cm³/mol. The van der Waals surface area contributed by atoms with Gasteiger partial charge in [-0.25, -0.2) is 0 Å². The van der Waals surface area contributed by atoms with E-state index in [-0.39, 0.29) is 0 Å². The van der Waals surface area contributed by atoms with Crippen molar-refractivity contribution in [3.63, 3.8) is 0 Å². The van der Waals surface area contributed by atoms with Crippen molar-refractivity contribution in [3.05, 3.63) is 0 Å². The minimum Gasteiger partial charge on any atom is -0.391 e. The number of nitrogens with zero attached hydrogens (tertiary/aromatic N) is 1. The van der Waals surface area contributed by atoms with Crippen LogP contribution in [0.25, 0.3) is 0 Å². The largest absolute Gasteiger partial charge is 0.391 e. The third-order valence-corrected chi connectivity index (χ3v) is 5.38. The molecule has 1 N–H and O–H groups in total. The lowest BCUT2D eigenvalue weighted by atomic mass is 9.63. The zero-order valence-corrected chi connectivity index (χ0v) is 11.9. The van der Waals surface area contributed by atoms with E-state index in [2.05, 4.69) is 19.9 Å². The molecule has 2 aliphatic rings. The molecular weight excluding hydrogens is 222 g/mol. The molecule has 102 valence electrons. The van der Waals surface area contributed by atoms with Crippen LogP contribution in [0.2, 0.25) is 0 Å². The summed E-state index contributed by atoms with van der Waals surface area (Å²) in [6.45, 7) is 4.54. The Hall–Kier alpha value is -0.550. The van der Waals surface area contributed by atoms with Gasteiger partial charge in [-0.1, -0.05) is 26.7 Å². The number of hydrogen-bond acceptors (Lipinski definition) is 2. The van der Waals surface area contributed by atoms with Crippen molar-refractivity contribution >= 4 is 0 Å². The zero-order chi connectivity index (χ0) is 13.2. The Morgan fingerprint density at radius 2 is 1.78 bits per heavy atom. The van der Waals surface area contributed by atoms with Crippen LogP contribution in [0, 0.1) is 34.5 Å². The Bertz CT molecular complexity index is 312. The maximum absolute atomic E-state index is 10.7. The normalized spacial score (nSPS) is 43.1. The molecule has 3 atom stereocenters. The van der Waals surface area contributed by atoms with Crippen molar-refractivity contribution in [1.82, 2.24) is 0 Å². The molecule has 0 aliphatic heterocycles. The molecule has 2 saturated carbocycles. The monoisotopic (exact) mass is 249 g/mol. The SMILES string of the molecule is CC1CCC(C#N)(C(O)C2CCCC(C)C2)CC1. The summed E-state index contributed by atoms with van der Waals surface area (Å²) in [6.07, 6.45) is 8.36. The summed E-state index contributed by atoms with van der Waals surface area (Å²) in [7, 11) is 0. The lowest BCUT2D eigenvalue weighted by Crippen LogP contribution is -2.43. The van der Waals surface area contributed by atoms with Crippen LogP contribution >= 0.6 is 0 Å². The second-order valence-corrected chi connectivity index (χ2v) is 6.93. The summed E-state index contributed by atoms with van der Waals surface area (Å²) in [4.78, 5) is 0. The molecular formula is C16H27NO. The molecule has 0 aromatic rings. The smallest absolute Gasteiger partial charge is 0.0835 e. The average molecular weight is 249 g/mol. The first-order chi connectivity index (χ1) is 8.57. The van der Waals surface area contributed by atoms with E-state index >= 15 is 0 Å². The molecule has 2 aliphatic carbocycles. The summed E-state index contributed by atoms with van der Waals surface area (Å²) < 4.78 is 0. The number of aliphatic hydroxyl groups is 1. The van der Waals surface area contributed by atoms with Crippen LogP contribution in [0.4, 0.5) is 0 Å². The van der Waals surface area contributed by atoms with Crippen molar-refractivity contribution in [2.24, 2.45) is 23.2 Å². The van der Waals surface area contributed by atoms with Crippen LogP contribution in [-0.4, -0.2) is 11.2 Å². The van der Waals surface area contributed by atoms with Crippen molar-refractivity contribution < 1.29 is 5.11 Å². The van der Waals surface area contributed by atoms with Gasteiger partial charge in [0.05, 0.1) is 17.6 Å². The van der Waals surface area contributed by atoms with Crippen molar-refractivity contribution in [3.8, 4) is 6.07 Å². The first-order valence-electron chi connectivity index (χ1n) is 7.67. The molecule has 0 radical (unpaired) electrons. The highest BCUT2D eigenvalue weighted by atomic mass is 16.3. The third kappa shape index (κ3) is 2.72. The maximum atomic E-state index is 10.7. The van der Waals surface area contributed by atoms with E-state index in [0.29, 0.717) is 5.92 Å². The Morgan fingerprint density at radius 1 is 1.11 bits per heavy atom. The molecule has 0 spiro atoms. The first kappa shape index (κ1) is 13.9. The van der Waals surface area contributed by atoms with Crippen LogP contribution in [0.15, 0.2) is 0 Å². The summed E-state index contributed by atoms with van der Waals surface area (Å²) in [6, 6.07) is 2.50. The van der Waals surface area contributed by atoms with E-state index in [9.17, 15) is 10.4 Å². The standard InChI is InChI=1S/C16H27NO/c1-12-6-8-16(11-17,9-7-12)15(18)14-5-3-4-13(2)10-14/h12-15,18H,3-10H2,1-2H3. The zero-order valence-electron chi connectivity index (χ0n) is 11.9. The van der Waals surface area contributed by atoms with Crippen LogP contribution in [0.5, 0.6) is 0 Å². The molecule has 3 unspecified atom stereocenters. The van der Waals surface area contributed by atoms with Crippen molar-refractivity contribution in [2.75, 3.05) is 0 Å². The highest BCUT2D eigenvalue weighted by Crippen LogP contribution is 2.46. The Kier molecular flexibility index (Phi) is 4.33. The fourth-order valence-corrected chi connectivity index (χ4v) is 3.97. The lowest BCUT2D eigenvalue weighted by Gasteiger charge is -2.42. The highest BCUT2D eigenvalue weighted by Gasteiger charge is 2.44. The number of hydrogen-bond donors (Lipinski definition) is 1. The molecule has 0 heterocycles. The maximum Gasteiger partial charge on any atom is 0.0835 e. The van der Waals surface area contributed by atoms with Crippen LogP contribution < -0.4 is 0 Å². The van der Waals surface area contributed by atoms with E-state index < -0.39 is 11.5 Å². The van der Waals surface area contributed by atoms with E-state index in [1.807, 2.05) is 0 Å². The first-order valence-corrected chi connectivity index (χ1v) is 7.67. The fraction of sp³-hybridized carbons (Fsp3) is 0.938. The summed E-state index contributed by atoms with van der Waals surface area (Å²) in [5.74, 6) is 1.81. The average Bonchev–Trinajstić information content (AvgIpc) is 2.39. The third-order valence-electron chi connectivity index (χ3n) is 5.38. The van der Waals surface area contributed by atoms with Gasteiger partial charge in [0.1, 0.15) is 0 Å². The van der Waals surface area contributed by atoms with Gasteiger partial charge in [-0.15, -0.1) is 0 Å². The number of aliphatic hydroxyl groups excluding tert-OH is 1. The number of rotatable bonds is 2. The van der Waals surface area contributed by atoms with Crippen LogP contribution in [-0.2, 0) is 0 Å². The minimum atomic E-state index is -0.436. The topological polar surface area (TPSA) is 44.0 Å². The molecule has 2 nitrogen and oxygen atoms in total. The number of nitriles is 1. The molecule has 0 aromatic heterocycles. The van der Waals surface area contributed by atoms with Gasteiger partial charge in [0.15, 0.2) is 0 Å². The fourth-order valence-electron chi connectivity index (χ4n) is 3.97. The molecule has 2 rings (SSSR count). The molecule has 2 heteroatoms. The van der Waals surface area contributed by atoms with E-state index in [1.54, 1.807) is 0 Å². The molecule has 0 amide bonds. The van der Waals surface area contributed by atoms with E-state index in [1.165, 1.54) is 12.8 Å². The van der Waals surface area contributed by atoms with Gasteiger partial charge in [0.2, 0.25) is 0 Å². The molecule has 0 saturated heterocycles. The van der Waals surface area contributed by atoms with Gasteiger partial charge in [-0.3, -0.25) is 0 Å². The Labute approximate surface area is 111 Å². The van der Waals surface area contributed by atoms with E-state index in [0.717, 1.165) is 50.4 Å². The van der Waals surface area contributed by atoms with Crippen molar-refractivity contribution in [1.29, 1.82) is 5.26 Å². The highest BCUT2D eigenvalue weighted by molar-refractivity contribution is 5.07. The molecule has 0 bridgehead atoms. The summed E-state index contributed by atoms with van der Waals surface area (Å²) in [5, 5.41) is 20.3. The van der Waals surface area contributed by atoms with E-state index in [4.69, 9.17) is 0 Å². The summed E-state index contributed by atoms with van der Waals surface area (Å²) in [5.41, 5.74) is -0.436. The second kappa shape index (κ2) is 5.61. The van der Waals surface area contributed by atoms with Crippen molar-refractivity contribution in [2.45, 2.75) is 71.3 Å². The van der Waals surface area contributed by atoms with Gasteiger partial charge in [-0.2, -0.15) is 5.26 Å². The molecule has 18 heavy (non-hydrogen) atoms. The molecule has 0 aromatic carbocycles. The Morgan fingerprint density at radius 3 is 2.33 bits per heavy atom. The summed E-state index contributed by atoms with van der Waals surface area (Å²) >= 11 is 0. The van der Waals surface area contributed by atoms with Crippen LogP contribution in [0.1, 0.15) is 65.2 Å². The van der Waals surface area contributed by atoms with Gasteiger partial charge in [-0.05, 0) is 56.3 Å². The second-order valence-electron chi connectivity index (χ2n) is 6.93. The van der Waals surface area contributed by atoms with Gasteiger partial charge < -0.3 is 5.11 Å². The van der Waals surface area contributed by atoms with Crippen LogP contribution in [0.3, 0.4) is 0 Å². The quantitative estimate of drug-likeness (QED) is 0.806. The van der Waals surface area contributed by atoms with Gasteiger partial charge >= 0.3 is 0 Å². The minimum absolute atomic E-state index is 0.363.